The van der Waals surface area contributed by atoms with Crippen LogP contribution in [0.1, 0.15) is 5.56 Å². The number of methoxy groups -OCH3 is 1. The molecule has 0 spiro atoms. The lowest BCUT2D eigenvalue weighted by atomic mass is 10.1. The molecular formula is C14H18ClN3O3. The van der Waals surface area contributed by atoms with E-state index in [4.69, 9.17) is 16.3 Å². The van der Waals surface area contributed by atoms with Crippen molar-refractivity contribution in [2.24, 2.45) is 0 Å². The van der Waals surface area contributed by atoms with E-state index in [0.717, 1.165) is 17.8 Å². The fraction of sp³-hybridized carbons (Fsp3) is 0.429. The molecule has 21 heavy (non-hydrogen) atoms. The standard InChI is InChI=1S/C14H18ClN3O3/c1-21-5-4-16-7-10-2-3-11(6-12(10)15)18-8-13(19)17-14(20)9-18/h2-3,6,16H,4-5,7-9H2,1H3,(H,17,19,20). The minimum atomic E-state index is -0.298. The van der Waals surface area contributed by atoms with E-state index in [1.807, 2.05) is 12.1 Å². The van der Waals surface area contributed by atoms with Crippen molar-refractivity contribution in [3.63, 3.8) is 0 Å². The molecular weight excluding hydrogens is 294 g/mol. The van der Waals surface area contributed by atoms with E-state index in [-0.39, 0.29) is 24.9 Å². The van der Waals surface area contributed by atoms with Crippen LogP contribution in [0.4, 0.5) is 5.69 Å². The van der Waals surface area contributed by atoms with Crippen molar-refractivity contribution in [2.75, 3.05) is 38.3 Å². The highest BCUT2D eigenvalue weighted by Crippen LogP contribution is 2.24. The summed E-state index contributed by atoms with van der Waals surface area (Å²) in [6.45, 7) is 2.35. The highest BCUT2D eigenvalue weighted by molar-refractivity contribution is 6.31. The number of hydrogen-bond acceptors (Lipinski definition) is 5. The van der Waals surface area contributed by atoms with E-state index in [1.54, 1.807) is 18.1 Å². The fourth-order valence-electron chi connectivity index (χ4n) is 2.09. The van der Waals surface area contributed by atoms with Gasteiger partial charge in [-0.3, -0.25) is 14.9 Å². The van der Waals surface area contributed by atoms with Gasteiger partial charge in [-0.05, 0) is 17.7 Å². The highest BCUT2D eigenvalue weighted by atomic mass is 35.5. The summed E-state index contributed by atoms with van der Waals surface area (Å²) in [6, 6.07) is 5.54. The van der Waals surface area contributed by atoms with Crippen LogP contribution < -0.4 is 15.5 Å². The predicted octanol–water partition coefficient (Wildman–Crippen LogP) is 0.539. The highest BCUT2D eigenvalue weighted by Gasteiger charge is 2.22. The Morgan fingerprint density at radius 2 is 2.05 bits per heavy atom. The van der Waals surface area contributed by atoms with Crippen LogP contribution in [0.5, 0.6) is 0 Å². The maximum atomic E-state index is 11.4. The summed E-state index contributed by atoms with van der Waals surface area (Å²) >= 11 is 6.25. The second-order valence-electron chi connectivity index (χ2n) is 4.77. The minimum Gasteiger partial charge on any atom is -0.383 e. The van der Waals surface area contributed by atoms with Gasteiger partial charge in [0, 0.05) is 30.9 Å². The van der Waals surface area contributed by atoms with Gasteiger partial charge in [0.25, 0.3) is 0 Å². The van der Waals surface area contributed by atoms with E-state index >= 15 is 0 Å². The van der Waals surface area contributed by atoms with Crippen LogP contribution in [-0.2, 0) is 20.9 Å². The van der Waals surface area contributed by atoms with Gasteiger partial charge in [0.2, 0.25) is 11.8 Å². The molecule has 1 aliphatic heterocycles. The first kappa shape index (κ1) is 15.8. The summed E-state index contributed by atoms with van der Waals surface area (Å²) in [4.78, 5) is 24.5. The van der Waals surface area contributed by atoms with Gasteiger partial charge in [-0.1, -0.05) is 17.7 Å². The number of benzene rings is 1. The average Bonchev–Trinajstić information content (AvgIpc) is 2.44. The first-order valence-electron chi connectivity index (χ1n) is 6.66. The molecule has 6 nitrogen and oxygen atoms in total. The smallest absolute Gasteiger partial charge is 0.246 e. The molecule has 0 aromatic heterocycles. The van der Waals surface area contributed by atoms with Crippen LogP contribution in [-0.4, -0.2) is 45.2 Å². The second-order valence-corrected chi connectivity index (χ2v) is 5.18. The number of hydrogen-bond donors (Lipinski definition) is 2. The van der Waals surface area contributed by atoms with Crippen LogP contribution in [0.25, 0.3) is 0 Å². The normalized spacial score (nSPS) is 15.2. The van der Waals surface area contributed by atoms with Gasteiger partial charge in [-0.2, -0.15) is 0 Å². The van der Waals surface area contributed by atoms with Gasteiger partial charge in [-0.15, -0.1) is 0 Å². The lowest BCUT2D eigenvalue weighted by Gasteiger charge is -2.27. The molecule has 0 atom stereocenters. The van der Waals surface area contributed by atoms with Crippen LogP contribution in [0.3, 0.4) is 0 Å². The number of nitrogens with one attached hydrogen (secondary N) is 2. The van der Waals surface area contributed by atoms with Crippen molar-refractivity contribution < 1.29 is 14.3 Å². The van der Waals surface area contributed by atoms with Crippen molar-refractivity contribution in [2.45, 2.75) is 6.54 Å². The lowest BCUT2D eigenvalue weighted by Crippen LogP contribution is -2.51. The molecule has 2 rings (SSSR count). The van der Waals surface area contributed by atoms with E-state index in [2.05, 4.69) is 10.6 Å². The average molecular weight is 312 g/mol. The van der Waals surface area contributed by atoms with Crippen molar-refractivity contribution in [3.05, 3.63) is 28.8 Å². The molecule has 1 heterocycles. The molecule has 1 aliphatic rings. The molecule has 7 heteroatoms. The zero-order valence-corrected chi connectivity index (χ0v) is 12.6. The third kappa shape index (κ3) is 4.42. The summed E-state index contributed by atoms with van der Waals surface area (Å²) in [5, 5.41) is 6.09. The largest absolute Gasteiger partial charge is 0.383 e. The van der Waals surface area contributed by atoms with Gasteiger partial charge >= 0.3 is 0 Å². The Balaban J connectivity index is 2.01. The second kappa shape index (κ2) is 7.40. The number of carbonyl (C=O) groups excluding carboxylic acids is 2. The number of ether oxygens (including phenoxy) is 1. The number of imide groups is 1. The van der Waals surface area contributed by atoms with Gasteiger partial charge in [0.1, 0.15) is 0 Å². The fourth-order valence-corrected chi connectivity index (χ4v) is 2.33. The Hall–Kier alpha value is -1.63. The molecule has 0 bridgehead atoms. The van der Waals surface area contributed by atoms with Gasteiger partial charge in [0.15, 0.2) is 0 Å². The Kier molecular flexibility index (Phi) is 5.55. The lowest BCUT2D eigenvalue weighted by molar-refractivity contribution is -0.130. The number of carbonyl (C=O) groups is 2. The number of anilines is 1. The molecule has 114 valence electrons. The van der Waals surface area contributed by atoms with Crippen LogP contribution in [0, 0.1) is 0 Å². The quantitative estimate of drug-likeness (QED) is 0.593. The molecule has 2 amide bonds. The molecule has 1 aromatic carbocycles. The number of rotatable bonds is 6. The number of amides is 2. The third-order valence-electron chi connectivity index (χ3n) is 3.15. The first-order valence-corrected chi connectivity index (χ1v) is 7.03. The minimum absolute atomic E-state index is 0.160. The third-order valence-corrected chi connectivity index (χ3v) is 3.50. The molecule has 0 unspecified atom stereocenters. The molecule has 0 aliphatic carbocycles. The Labute approximate surface area is 128 Å². The van der Waals surface area contributed by atoms with Crippen molar-refractivity contribution >= 4 is 29.1 Å². The van der Waals surface area contributed by atoms with Crippen molar-refractivity contribution in [3.8, 4) is 0 Å². The first-order chi connectivity index (χ1) is 10.1. The summed E-state index contributed by atoms with van der Waals surface area (Å²) < 4.78 is 4.96. The van der Waals surface area contributed by atoms with Gasteiger partial charge in [-0.25, -0.2) is 0 Å². The zero-order valence-electron chi connectivity index (χ0n) is 11.8. The maximum Gasteiger partial charge on any atom is 0.246 e. The Morgan fingerprint density at radius 1 is 1.33 bits per heavy atom. The maximum absolute atomic E-state index is 11.4. The summed E-state index contributed by atoms with van der Waals surface area (Å²) in [6.07, 6.45) is 0. The van der Waals surface area contributed by atoms with E-state index in [1.165, 1.54) is 0 Å². The molecule has 0 saturated carbocycles. The topological polar surface area (TPSA) is 70.7 Å². The molecule has 1 fully saturated rings. The summed E-state index contributed by atoms with van der Waals surface area (Å²) in [5.74, 6) is -0.597. The van der Waals surface area contributed by atoms with Gasteiger partial charge < -0.3 is 15.0 Å². The van der Waals surface area contributed by atoms with Crippen LogP contribution in [0.2, 0.25) is 5.02 Å². The molecule has 1 aromatic rings. The number of piperazine rings is 1. The SMILES string of the molecule is COCCNCc1ccc(N2CC(=O)NC(=O)C2)cc1Cl. The number of nitrogens with zero attached hydrogens (tertiary/aromatic N) is 1. The molecule has 0 radical (unpaired) electrons. The summed E-state index contributed by atoms with van der Waals surface area (Å²) in [5.41, 5.74) is 1.73. The van der Waals surface area contributed by atoms with E-state index in [9.17, 15) is 9.59 Å². The van der Waals surface area contributed by atoms with Crippen LogP contribution in [0.15, 0.2) is 18.2 Å². The van der Waals surface area contributed by atoms with Crippen molar-refractivity contribution in [1.82, 2.24) is 10.6 Å². The number of halogens is 1. The van der Waals surface area contributed by atoms with Crippen molar-refractivity contribution in [1.29, 1.82) is 0 Å². The van der Waals surface area contributed by atoms with E-state index < -0.39 is 0 Å². The monoisotopic (exact) mass is 311 g/mol. The molecule has 2 N–H and O–H groups in total. The zero-order chi connectivity index (χ0) is 15.2. The summed E-state index contributed by atoms with van der Waals surface area (Å²) in [7, 11) is 1.65. The Bertz CT molecular complexity index is 520. The molecule has 1 saturated heterocycles. The Morgan fingerprint density at radius 3 is 2.67 bits per heavy atom. The van der Waals surface area contributed by atoms with E-state index in [0.29, 0.717) is 18.2 Å². The predicted molar refractivity (Wildman–Crippen MR) is 80.4 cm³/mol. The van der Waals surface area contributed by atoms with Crippen LogP contribution >= 0.6 is 11.6 Å². The van der Waals surface area contributed by atoms with Gasteiger partial charge in [0.05, 0.1) is 19.7 Å².